The van der Waals surface area contributed by atoms with Gasteiger partial charge in [0.15, 0.2) is 23.0 Å². The lowest BCUT2D eigenvalue weighted by molar-refractivity contribution is -0.127. The van der Waals surface area contributed by atoms with Crippen LogP contribution in [0.1, 0.15) is 53.4 Å². The number of likely N-dealkylation sites (N-methyl/N-ethyl adjacent to an activating group) is 1. The molecule has 7 N–H and O–H groups in total. The number of anilines is 2. The molecule has 52 heavy (non-hydrogen) atoms. The summed E-state index contributed by atoms with van der Waals surface area (Å²) in [5, 5.41) is 62.1. The van der Waals surface area contributed by atoms with Crippen molar-refractivity contribution in [2.45, 2.75) is 50.0 Å². The van der Waals surface area contributed by atoms with Crippen molar-refractivity contribution in [1.29, 1.82) is 0 Å². The summed E-state index contributed by atoms with van der Waals surface area (Å²) in [7, 11) is 4.74. The number of phenolic OH excluding ortho intramolecular Hbond substituents is 4. The number of Topliss-reactive ketones (excluding diaryl/α,β-unsaturated/α-hetero) is 1. The first kappa shape index (κ1) is 36.3. The fourth-order valence-corrected chi connectivity index (χ4v) is 7.44. The molecule has 272 valence electrons. The maximum Gasteiger partial charge on any atom is 0.200 e. The summed E-state index contributed by atoms with van der Waals surface area (Å²) in [6.07, 6.45) is 2.14. The molecule has 0 saturated carbocycles. The van der Waals surface area contributed by atoms with Crippen LogP contribution in [0.4, 0.5) is 11.5 Å². The molecular weight excluding hydrogens is 662 g/mol. The quantitative estimate of drug-likeness (QED) is 0.0843. The first-order valence-electron chi connectivity index (χ1n) is 17.4. The molecule has 0 unspecified atom stereocenters. The van der Waals surface area contributed by atoms with Crippen molar-refractivity contribution in [2.24, 2.45) is 5.92 Å². The number of aliphatic hydroxyl groups is 1. The Morgan fingerprint density at radius 1 is 0.904 bits per heavy atom. The molecule has 11 nitrogen and oxygen atoms in total. The van der Waals surface area contributed by atoms with Crippen molar-refractivity contribution in [3.05, 3.63) is 101 Å². The SMILES string of the molecule is CNC[C@@H]1C[C@H](c2cc(O)c(O)c(OC)c2)CC(=O)[C@H]([C@H](O)CCc2ccc(O)c(OC)c2)Cc2ccnc(c2)Nc2ccc3cc(O)ccc3c21. The van der Waals surface area contributed by atoms with E-state index >= 15 is 0 Å². The van der Waals surface area contributed by atoms with E-state index in [0.717, 1.165) is 33.2 Å². The molecule has 4 atom stereocenters. The Morgan fingerprint density at radius 2 is 1.71 bits per heavy atom. The zero-order valence-electron chi connectivity index (χ0n) is 29.5. The molecule has 2 heterocycles. The third-order valence-electron chi connectivity index (χ3n) is 10.1. The molecule has 0 radical (unpaired) electrons. The van der Waals surface area contributed by atoms with Gasteiger partial charge in [-0.2, -0.15) is 0 Å². The number of pyridine rings is 1. The molecule has 4 aromatic carbocycles. The number of phenols is 4. The van der Waals surface area contributed by atoms with E-state index in [4.69, 9.17) is 9.47 Å². The lowest BCUT2D eigenvalue weighted by atomic mass is 9.77. The number of aromatic nitrogens is 1. The van der Waals surface area contributed by atoms with Gasteiger partial charge in [0, 0.05) is 30.8 Å². The van der Waals surface area contributed by atoms with Gasteiger partial charge in [0.1, 0.15) is 17.4 Å². The predicted molar refractivity (Wildman–Crippen MR) is 199 cm³/mol. The number of nitrogens with zero attached hydrogens (tertiary/aromatic N) is 1. The summed E-state index contributed by atoms with van der Waals surface area (Å²) in [4.78, 5) is 19.2. The van der Waals surface area contributed by atoms with Gasteiger partial charge in [-0.3, -0.25) is 4.79 Å². The van der Waals surface area contributed by atoms with Crippen LogP contribution in [0.3, 0.4) is 0 Å². The summed E-state index contributed by atoms with van der Waals surface area (Å²) in [6.45, 7) is 0.524. The Morgan fingerprint density at radius 3 is 2.48 bits per heavy atom. The maximum absolute atomic E-state index is 14.6. The number of benzene rings is 4. The highest BCUT2D eigenvalue weighted by molar-refractivity contribution is 5.92. The van der Waals surface area contributed by atoms with Gasteiger partial charge in [-0.15, -0.1) is 0 Å². The van der Waals surface area contributed by atoms with Gasteiger partial charge in [0.25, 0.3) is 0 Å². The largest absolute Gasteiger partial charge is 0.508 e. The number of fused-ring (bicyclic) bond motifs is 5. The van der Waals surface area contributed by atoms with Gasteiger partial charge in [-0.1, -0.05) is 18.2 Å². The summed E-state index contributed by atoms with van der Waals surface area (Å²) in [5.74, 6) is -1.17. The van der Waals surface area contributed by atoms with Gasteiger partial charge < -0.3 is 45.6 Å². The second kappa shape index (κ2) is 15.8. The Labute approximate surface area is 302 Å². The zero-order valence-corrected chi connectivity index (χ0v) is 29.5. The van der Waals surface area contributed by atoms with Crippen molar-refractivity contribution in [1.82, 2.24) is 10.3 Å². The number of rotatable bonds is 9. The number of aliphatic hydroxyl groups excluding tert-OH is 1. The number of aryl methyl sites for hydroxylation is 1. The minimum Gasteiger partial charge on any atom is -0.508 e. The number of hydrogen-bond acceptors (Lipinski definition) is 11. The molecule has 1 aliphatic heterocycles. The monoisotopic (exact) mass is 707 g/mol. The molecule has 1 aromatic heterocycles. The van der Waals surface area contributed by atoms with Crippen LogP contribution in [-0.2, 0) is 17.6 Å². The van der Waals surface area contributed by atoms with E-state index in [1.165, 1.54) is 20.3 Å². The van der Waals surface area contributed by atoms with Crippen LogP contribution in [0.15, 0.2) is 79.0 Å². The molecule has 5 aromatic rings. The Kier molecular flexibility index (Phi) is 11.0. The Balaban J connectivity index is 1.46. The smallest absolute Gasteiger partial charge is 0.200 e. The number of ether oxygens (including phenoxy) is 2. The van der Waals surface area contributed by atoms with Gasteiger partial charge in [0.05, 0.1) is 20.3 Å². The molecule has 11 heteroatoms. The van der Waals surface area contributed by atoms with Crippen LogP contribution in [0.5, 0.6) is 34.5 Å². The fourth-order valence-electron chi connectivity index (χ4n) is 7.44. The lowest BCUT2D eigenvalue weighted by Gasteiger charge is -2.29. The van der Waals surface area contributed by atoms with E-state index in [1.807, 2.05) is 37.4 Å². The van der Waals surface area contributed by atoms with Crippen LogP contribution in [0.25, 0.3) is 10.8 Å². The fraction of sp³-hybridized carbons (Fsp3) is 0.317. The molecule has 6 rings (SSSR count). The van der Waals surface area contributed by atoms with Crippen molar-refractivity contribution in [3.63, 3.8) is 0 Å². The van der Waals surface area contributed by atoms with Crippen LogP contribution in [0.2, 0.25) is 0 Å². The number of carbonyl (C=O) groups is 1. The zero-order chi connectivity index (χ0) is 36.9. The standard InChI is InChI=1S/C41H45N3O8/c1-42-22-28-17-26(27-20-36(49)41(50)38(21-27)52-3)19-35(48)31(33(46)10-4-23-5-11-34(47)37(15-23)51-2)14-24-12-13-43-39(16-24)44-32-9-6-25-18-29(45)7-8-30(25)40(28)32/h5-9,11-13,15-16,18,20-21,26,28,31,33,42,45-47,49-50H,4,10,14,17,19,22H2,1-3H3,(H,43,44)/t26-,28-,31-,33+/m0/s1. The number of carbonyl (C=O) groups excluding carboxylic acids is 1. The summed E-state index contributed by atoms with van der Waals surface area (Å²) >= 11 is 0. The normalized spacial score (nSPS) is 18.3. The highest BCUT2D eigenvalue weighted by Crippen LogP contribution is 2.45. The average molecular weight is 708 g/mol. The summed E-state index contributed by atoms with van der Waals surface area (Å²) in [5.41, 5.74) is 4.06. The summed E-state index contributed by atoms with van der Waals surface area (Å²) < 4.78 is 10.7. The van der Waals surface area contributed by atoms with E-state index in [-0.39, 0.29) is 59.7 Å². The van der Waals surface area contributed by atoms with Crippen molar-refractivity contribution < 1.29 is 39.8 Å². The van der Waals surface area contributed by atoms with Crippen molar-refractivity contribution >= 4 is 28.1 Å². The van der Waals surface area contributed by atoms with Gasteiger partial charge in [-0.05, 0) is 132 Å². The second-order valence-electron chi connectivity index (χ2n) is 13.5. The number of methoxy groups -OCH3 is 2. The molecule has 0 amide bonds. The second-order valence-corrected chi connectivity index (χ2v) is 13.5. The first-order valence-corrected chi connectivity index (χ1v) is 17.4. The van der Waals surface area contributed by atoms with Crippen LogP contribution in [0, 0.1) is 5.92 Å². The van der Waals surface area contributed by atoms with Crippen LogP contribution in [-0.4, -0.2) is 70.2 Å². The average Bonchev–Trinajstić information content (AvgIpc) is 3.14. The van der Waals surface area contributed by atoms with E-state index in [0.29, 0.717) is 36.5 Å². The molecule has 2 bridgehead atoms. The molecule has 0 saturated heterocycles. The van der Waals surface area contributed by atoms with E-state index < -0.39 is 17.9 Å². The van der Waals surface area contributed by atoms with E-state index in [9.17, 15) is 30.3 Å². The number of nitrogens with one attached hydrogen (secondary N) is 2. The van der Waals surface area contributed by atoms with Gasteiger partial charge in [0.2, 0.25) is 5.75 Å². The Bertz CT molecular complexity index is 2070. The minimum atomic E-state index is -1.01. The number of hydrogen-bond donors (Lipinski definition) is 7. The highest BCUT2D eigenvalue weighted by atomic mass is 16.5. The predicted octanol–water partition coefficient (Wildman–Crippen LogP) is 6.42. The molecule has 0 fully saturated rings. The van der Waals surface area contributed by atoms with Crippen LogP contribution >= 0.6 is 0 Å². The molecule has 0 spiro atoms. The third kappa shape index (κ3) is 7.85. The van der Waals surface area contributed by atoms with Gasteiger partial charge in [-0.25, -0.2) is 4.98 Å². The first-order chi connectivity index (χ1) is 25.1. The number of aromatic hydroxyl groups is 4. The van der Waals surface area contributed by atoms with E-state index in [2.05, 4.69) is 15.6 Å². The Hall–Kier alpha value is -5.52. The lowest BCUT2D eigenvalue weighted by Crippen LogP contribution is -2.32. The van der Waals surface area contributed by atoms with Gasteiger partial charge >= 0.3 is 0 Å². The molecular formula is C41H45N3O8. The number of ketones is 1. The van der Waals surface area contributed by atoms with Crippen molar-refractivity contribution in [2.75, 3.05) is 33.1 Å². The highest BCUT2D eigenvalue weighted by Gasteiger charge is 2.33. The van der Waals surface area contributed by atoms with Crippen molar-refractivity contribution in [3.8, 4) is 34.5 Å². The summed E-state index contributed by atoms with van der Waals surface area (Å²) in [6, 6.07) is 21.1. The van der Waals surface area contributed by atoms with E-state index in [1.54, 1.807) is 42.6 Å². The minimum absolute atomic E-state index is 0.0205. The topological polar surface area (TPSA) is 174 Å². The maximum atomic E-state index is 14.6. The molecule has 1 aliphatic rings. The molecule has 0 aliphatic carbocycles. The third-order valence-corrected chi connectivity index (χ3v) is 10.1. The van der Waals surface area contributed by atoms with Crippen LogP contribution < -0.4 is 20.1 Å².